The molecular weight excluding hydrogens is 489 g/mol. The van der Waals surface area contributed by atoms with Gasteiger partial charge in [-0.1, -0.05) is 30.3 Å². The zero-order valence-electron chi connectivity index (χ0n) is 18.8. The lowest BCUT2D eigenvalue weighted by Crippen LogP contribution is -2.17. The molecule has 0 spiro atoms. The van der Waals surface area contributed by atoms with Gasteiger partial charge in [-0.05, 0) is 48.5 Å². The Morgan fingerprint density at radius 1 is 0.892 bits per heavy atom. The number of carbonyl (C=O) groups excluding carboxylic acids is 2. The lowest BCUT2D eigenvalue weighted by molar-refractivity contribution is -0.137. The van der Waals surface area contributed by atoms with Crippen molar-refractivity contribution in [2.45, 2.75) is 6.18 Å². The molecule has 2 heterocycles. The van der Waals surface area contributed by atoms with Crippen LogP contribution in [0.5, 0.6) is 5.75 Å². The Balaban J connectivity index is 1.45. The molecule has 0 radical (unpaired) electrons. The van der Waals surface area contributed by atoms with E-state index in [1.165, 1.54) is 24.3 Å². The van der Waals surface area contributed by atoms with Crippen LogP contribution in [0.2, 0.25) is 0 Å². The van der Waals surface area contributed by atoms with Gasteiger partial charge in [-0.25, -0.2) is 0 Å². The molecule has 3 aromatic carbocycles. The van der Waals surface area contributed by atoms with Crippen molar-refractivity contribution < 1.29 is 32.3 Å². The fourth-order valence-electron chi connectivity index (χ4n) is 3.74. The predicted octanol–water partition coefficient (Wildman–Crippen LogP) is 6.05. The van der Waals surface area contributed by atoms with Crippen LogP contribution in [0.3, 0.4) is 0 Å². The largest absolute Gasteiger partial charge is 0.507 e. The van der Waals surface area contributed by atoms with E-state index in [0.29, 0.717) is 16.6 Å². The number of H-pyrrole nitrogens is 1. The molecule has 0 aliphatic heterocycles. The third-order valence-electron chi connectivity index (χ3n) is 5.49. The van der Waals surface area contributed by atoms with Gasteiger partial charge in [-0.3, -0.25) is 14.7 Å². The number of amides is 2. The van der Waals surface area contributed by atoms with Gasteiger partial charge < -0.3 is 20.2 Å². The Morgan fingerprint density at radius 2 is 1.65 bits per heavy atom. The van der Waals surface area contributed by atoms with E-state index in [1.54, 1.807) is 42.5 Å². The van der Waals surface area contributed by atoms with Crippen LogP contribution in [0.15, 0.2) is 83.3 Å². The third-order valence-corrected chi connectivity index (χ3v) is 5.49. The Hall–Kier alpha value is -5.06. The highest BCUT2D eigenvalue weighted by Gasteiger charge is 2.31. The number of aromatic hydroxyl groups is 1. The number of carbonyl (C=O) groups is 2. The van der Waals surface area contributed by atoms with Crippen LogP contribution < -0.4 is 10.6 Å². The van der Waals surface area contributed by atoms with E-state index in [2.05, 4.69) is 20.8 Å². The number of aromatic nitrogens is 2. The number of phenolic OH excluding ortho intramolecular Hbond substituents is 1. The predicted molar refractivity (Wildman–Crippen MR) is 129 cm³/mol. The second-order valence-corrected chi connectivity index (χ2v) is 7.97. The SMILES string of the molecule is O=C(Nc1c(C(=O)Nc2cccc(C(F)(F)F)c2)oc2ccccc12)c1cc(-c2ccccc2O)n[nH]1. The van der Waals surface area contributed by atoms with Crippen LogP contribution >= 0.6 is 0 Å². The Labute approximate surface area is 206 Å². The van der Waals surface area contributed by atoms with Crippen molar-refractivity contribution in [3.63, 3.8) is 0 Å². The van der Waals surface area contributed by atoms with Gasteiger partial charge in [0.05, 0.1) is 11.3 Å². The number of hydrogen-bond acceptors (Lipinski definition) is 5. The van der Waals surface area contributed by atoms with Gasteiger partial charge in [-0.2, -0.15) is 18.3 Å². The Kier molecular flexibility index (Phi) is 5.88. The number of halogens is 3. The molecule has 0 aliphatic rings. The molecule has 11 heteroatoms. The number of nitrogens with one attached hydrogen (secondary N) is 3. The number of phenols is 1. The maximum Gasteiger partial charge on any atom is 0.416 e. The number of benzene rings is 3. The molecule has 0 bridgehead atoms. The smallest absolute Gasteiger partial charge is 0.416 e. The number of rotatable bonds is 5. The van der Waals surface area contributed by atoms with Crippen LogP contribution in [-0.4, -0.2) is 27.1 Å². The standard InChI is InChI=1S/C26H17F3N4O4/c27-26(28,29)14-6-5-7-15(12-14)30-25(36)23-22(17-9-2-4-11-21(17)37-23)31-24(35)19-13-18(32-33-19)16-8-1-3-10-20(16)34/h1-13,34H,(H,30,36)(H,31,35)(H,32,33). The fourth-order valence-corrected chi connectivity index (χ4v) is 3.74. The van der Waals surface area contributed by atoms with Crippen molar-refractivity contribution in [1.29, 1.82) is 0 Å². The number of alkyl halides is 3. The molecule has 4 N–H and O–H groups in total. The quantitative estimate of drug-likeness (QED) is 0.231. The van der Waals surface area contributed by atoms with E-state index < -0.39 is 23.6 Å². The zero-order chi connectivity index (χ0) is 26.2. The molecule has 0 fully saturated rings. The van der Waals surface area contributed by atoms with Crippen LogP contribution in [0.1, 0.15) is 26.6 Å². The number of anilines is 2. The first-order valence-corrected chi connectivity index (χ1v) is 10.9. The molecule has 8 nitrogen and oxygen atoms in total. The molecule has 186 valence electrons. The summed E-state index contributed by atoms with van der Waals surface area (Å²) in [6, 6.07) is 18.6. The van der Waals surface area contributed by atoms with Crippen LogP contribution in [0, 0.1) is 0 Å². The highest BCUT2D eigenvalue weighted by molar-refractivity contribution is 6.16. The zero-order valence-corrected chi connectivity index (χ0v) is 18.8. The van der Waals surface area contributed by atoms with E-state index in [4.69, 9.17) is 4.42 Å². The van der Waals surface area contributed by atoms with Gasteiger partial charge in [0.15, 0.2) is 0 Å². The molecule has 0 saturated carbocycles. The summed E-state index contributed by atoms with van der Waals surface area (Å²) >= 11 is 0. The molecule has 0 saturated heterocycles. The van der Waals surface area contributed by atoms with Gasteiger partial charge in [0, 0.05) is 16.6 Å². The normalized spacial score (nSPS) is 11.4. The number of nitrogens with zero attached hydrogens (tertiary/aromatic N) is 1. The highest BCUT2D eigenvalue weighted by atomic mass is 19.4. The van der Waals surface area contributed by atoms with Gasteiger partial charge in [-0.15, -0.1) is 0 Å². The van der Waals surface area contributed by atoms with Crippen molar-refractivity contribution in [3.8, 4) is 17.0 Å². The minimum Gasteiger partial charge on any atom is -0.507 e. The average Bonchev–Trinajstić information content (AvgIpc) is 3.50. The minimum absolute atomic E-state index is 0.0182. The summed E-state index contributed by atoms with van der Waals surface area (Å²) in [7, 11) is 0. The van der Waals surface area contributed by atoms with E-state index >= 15 is 0 Å². The maximum atomic E-state index is 13.1. The minimum atomic E-state index is -4.58. The third kappa shape index (κ3) is 4.74. The number of aromatic amines is 1. The first-order valence-electron chi connectivity index (χ1n) is 10.9. The van der Waals surface area contributed by atoms with Gasteiger partial charge >= 0.3 is 6.18 Å². The topological polar surface area (TPSA) is 120 Å². The second kappa shape index (κ2) is 9.19. The fraction of sp³-hybridized carbons (Fsp3) is 0.0385. The lowest BCUT2D eigenvalue weighted by Gasteiger charge is -2.10. The maximum absolute atomic E-state index is 13.1. The molecule has 0 unspecified atom stereocenters. The molecule has 5 rings (SSSR count). The van der Waals surface area contributed by atoms with Crippen LogP contribution in [0.4, 0.5) is 24.5 Å². The number of furan rings is 1. The summed E-state index contributed by atoms with van der Waals surface area (Å²) in [6.45, 7) is 0. The summed E-state index contributed by atoms with van der Waals surface area (Å²) in [6.07, 6.45) is -4.58. The van der Waals surface area contributed by atoms with E-state index in [-0.39, 0.29) is 34.2 Å². The monoisotopic (exact) mass is 506 g/mol. The van der Waals surface area contributed by atoms with Crippen LogP contribution in [-0.2, 0) is 6.18 Å². The second-order valence-electron chi connectivity index (χ2n) is 7.97. The van der Waals surface area contributed by atoms with Crippen molar-refractivity contribution in [2.75, 3.05) is 10.6 Å². The number of para-hydroxylation sites is 2. The Morgan fingerprint density at radius 3 is 2.43 bits per heavy atom. The number of fused-ring (bicyclic) bond motifs is 1. The average molecular weight is 506 g/mol. The molecule has 2 amide bonds. The van der Waals surface area contributed by atoms with Crippen molar-refractivity contribution >= 4 is 34.2 Å². The Bertz CT molecular complexity index is 1640. The van der Waals surface area contributed by atoms with Gasteiger partial charge in [0.25, 0.3) is 11.8 Å². The molecular formula is C26H17F3N4O4. The van der Waals surface area contributed by atoms with Crippen molar-refractivity contribution in [2.24, 2.45) is 0 Å². The van der Waals surface area contributed by atoms with E-state index in [0.717, 1.165) is 12.1 Å². The van der Waals surface area contributed by atoms with Crippen LogP contribution in [0.25, 0.3) is 22.2 Å². The molecule has 5 aromatic rings. The molecule has 2 aromatic heterocycles. The summed E-state index contributed by atoms with van der Waals surface area (Å²) in [5, 5.41) is 22.1. The first kappa shape index (κ1) is 23.7. The summed E-state index contributed by atoms with van der Waals surface area (Å²) in [5.41, 5.74) is 0.0555. The highest BCUT2D eigenvalue weighted by Crippen LogP contribution is 2.34. The molecule has 0 atom stereocenters. The van der Waals surface area contributed by atoms with Gasteiger partial charge in [0.1, 0.15) is 22.7 Å². The van der Waals surface area contributed by atoms with E-state index in [1.807, 2.05) is 0 Å². The number of hydrogen-bond donors (Lipinski definition) is 4. The van der Waals surface area contributed by atoms with E-state index in [9.17, 15) is 27.9 Å². The van der Waals surface area contributed by atoms with Gasteiger partial charge in [0.2, 0.25) is 5.76 Å². The summed E-state index contributed by atoms with van der Waals surface area (Å²) in [4.78, 5) is 26.1. The van der Waals surface area contributed by atoms with Crippen molar-refractivity contribution in [3.05, 3.63) is 95.9 Å². The summed E-state index contributed by atoms with van der Waals surface area (Å²) in [5.74, 6) is -1.83. The molecule has 0 aliphatic carbocycles. The van der Waals surface area contributed by atoms with Crippen molar-refractivity contribution in [1.82, 2.24) is 10.2 Å². The lowest BCUT2D eigenvalue weighted by atomic mass is 10.1. The first-order chi connectivity index (χ1) is 17.7. The molecule has 37 heavy (non-hydrogen) atoms. The summed E-state index contributed by atoms with van der Waals surface area (Å²) < 4.78 is 44.9.